The summed E-state index contributed by atoms with van der Waals surface area (Å²) in [5, 5.41) is 8.82. The molecule has 0 aliphatic carbocycles. The van der Waals surface area contributed by atoms with Crippen LogP contribution in [0.3, 0.4) is 0 Å². The standard InChI is InChI=1S/C10H22N2O/c11-8-10(4-7-13)9-12-5-2-1-3-6-12/h10,13H,1-9,11H2. The molecule has 13 heavy (non-hydrogen) atoms. The monoisotopic (exact) mass is 186 g/mol. The van der Waals surface area contributed by atoms with E-state index in [0.717, 1.165) is 13.0 Å². The Kier molecular flexibility index (Phi) is 5.35. The van der Waals surface area contributed by atoms with Crippen LogP contribution in [0, 0.1) is 5.92 Å². The summed E-state index contributed by atoms with van der Waals surface area (Å²) in [5.41, 5.74) is 5.64. The molecule has 3 heteroatoms. The second-order valence-electron chi connectivity index (χ2n) is 3.98. The minimum Gasteiger partial charge on any atom is -0.396 e. The summed E-state index contributed by atoms with van der Waals surface area (Å²) in [6.45, 7) is 4.51. The van der Waals surface area contributed by atoms with E-state index in [9.17, 15) is 0 Å². The smallest absolute Gasteiger partial charge is 0.0434 e. The third-order valence-electron chi connectivity index (χ3n) is 2.84. The van der Waals surface area contributed by atoms with Crippen molar-refractivity contribution in [2.75, 3.05) is 32.8 Å². The first-order valence-electron chi connectivity index (χ1n) is 5.40. The molecule has 0 saturated carbocycles. The van der Waals surface area contributed by atoms with Gasteiger partial charge in [0.1, 0.15) is 0 Å². The molecule has 1 saturated heterocycles. The van der Waals surface area contributed by atoms with Crippen LogP contribution in [-0.2, 0) is 0 Å². The molecule has 0 aromatic rings. The van der Waals surface area contributed by atoms with Crippen LogP contribution in [0.25, 0.3) is 0 Å². The summed E-state index contributed by atoms with van der Waals surface area (Å²) in [4.78, 5) is 2.48. The van der Waals surface area contributed by atoms with Crippen molar-refractivity contribution in [3.05, 3.63) is 0 Å². The summed E-state index contributed by atoms with van der Waals surface area (Å²) < 4.78 is 0. The number of rotatable bonds is 5. The van der Waals surface area contributed by atoms with Crippen LogP contribution in [0.2, 0.25) is 0 Å². The van der Waals surface area contributed by atoms with Crippen molar-refractivity contribution >= 4 is 0 Å². The molecule has 1 aliphatic heterocycles. The normalized spacial score (nSPS) is 21.7. The Morgan fingerprint density at radius 3 is 2.46 bits per heavy atom. The fraction of sp³-hybridized carbons (Fsp3) is 1.00. The molecule has 78 valence electrons. The minimum atomic E-state index is 0.274. The fourth-order valence-corrected chi connectivity index (χ4v) is 1.97. The van der Waals surface area contributed by atoms with Crippen LogP contribution >= 0.6 is 0 Å². The van der Waals surface area contributed by atoms with E-state index >= 15 is 0 Å². The predicted molar refractivity (Wildman–Crippen MR) is 54.5 cm³/mol. The number of hydrogen-bond donors (Lipinski definition) is 2. The Bertz CT molecular complexity index is 121. The van der Waals surface area contributed by atoms with Crippen molar-refractivity contribution in [2.24, 2.45) is 11.7 Å². The molecule has 1 atom stereocenters. The molecule has 0 spiro atoms. The zero-order valence-corrected chi connectivity index (χ0v) is 8.41. The van der Waals surface area contributed by atoms with Crippen molar-refractivity contribution < 1.29 is 5.11 Å². The van der Waals surface area contributed by atoms with Crippen LogP contribution in [0.15, 0.2) is 0 Å². The second kappa shape index (κ2) is 6.35. The minimum absolute atomic E-state index is 0.274. The maximum absolute atomic E-state index is 8.82. The molecule has 1 rings (SSSR count). The van der Waals surface area contributed by atoms with Crippen LogP contribution in [-0.4, -0.2) is 42.8 Å². The van der Waals surface area contributed by atoms with Gasteiger partial charge in [-0.05, 0) is 44.8 Å². The van der Waals surface area contributed by atoms with Gasteiger partial charge in [-0.1, -0.05) is 6.42 Å². The van der Waals surface area contributed by atoms with Crippen molar-refractivity contribution in [1.82, 2.24) is 4.90 Å². The first kappa shape index (κ1) is 11.0. The van der Waals surface area contributed by atoms with Crippen molar-refractivity contribution in [3.63, 3.8) is 0 Å². The molecule has 3 N–H and O–H groups in total. The van der Waals surface area contributed by atoms with Gasteiger partial charge < -0.3 is 15.7 Å². The predicted octanol–water partition coefficient (Wildman–Crippen LogP) is 0.430. The maximum atomic E-state index is 8.82. The van der Waals surface area contributed by atoms with E-state index in [4.69, 9.17) is 10.8 Å². The average Bonchev–Trinajstić information content (AvgIpc) is 2.19. The quantitative estimate of drug-likeness (QED) is 0.654. The molecular weight excluding hydrogens is 164 g/mol. The molecule has 0 radical (unpaired) electrons. The largest absolute Gasteiger partial charge is 0.396 e. The summed E-state index contributed by atoms with van der Waals surface area (Å²) in [7, 11) is 0. The third kappa shape index (κ3) is 4.07. The number of aliphatic hydroxyl groups excluding tert-OH is 1. The molecule has 1 heterocycles. The molecule has 1 unspecified atom stereocenters. The maximum Gasteiger partial charge on any atom is 0.0434 e. The lowest BCUT2D eigenvalue weighted by molar-refractivity contribution is 0.174. The number of aliphatic hydroxyl groups is 1. The molecule has 0 bridgehead atoms. The van der Waals surface area contributed by atoms with E-state index in [1.54, 1.807) is 0 Å². The highest BCUT2D eigenvalue weighted by molar-refractivity contribution is 4.70. The lowest BCUT2D eigenvalue weighted by Gasteiger charge is -2.29. The summed E-state index contributed by atoms with van der Waals surface area (Å²) in [6.07, 6.45) is 4.89. The Labute approximate surface area is 80.9 Å². The van der Waals surface area contributed by atoms with Gasteiger partial charge in [-0.2, -0.15) is 0 Å². The van der Waals surface area contributed by atoms with Crippen molar-refractivity contribution in [3.8, 4) is 0 Å². The van der Waals surface area contributed by atoms with Gasteiger partial charge in [0.25, 0.3) is 0 Å². The first-order chi connectivity index (χ1) is 6.36. The summed E-state index contributed by atoms with van der Waals surface area (Å²) in [6, 6.07) is 0. The molecule has 3 nitrogen and oxygen atoms in total. The van der Waals surface area contributed by atoms with E-state index in [-0.39, 0.29) is 6.61 Å². The van der Waals surface area contributed by atoms with E-state index in [2.05, 4.69) is 4.90 Å². The summed E-state index contributed by atoms with van der Waals surface area (Å²) in [5.74, 6) is 0.489. The van der Waals surface area contributed by atoms with Gasteiger partial charge in [-0.3, -0.25) is 0 Å². The van der Waals surface area contributed by atoms with Gasteiger partial charge >= 0.3 is 0 Å². The SMILES string of the molecule is NCC(CCO)CN1CCCCC1. The molecule has 0 amide bonds. The molecule has 0 aromatic carbocycles. The topological polar surface area (TPSA) is 49.5 Å². The zero-order valence-electron chi connectivity index (χ0n) is 8.41. The Morgan fingerprint density at radius 2 is 1.92 bits per heavy atom. The molecule has 0 aromatic heterocycles. The summed E-state index contributed by atoms with van der Waals surface area (Å²) >= 11 is 0. The van der Waals surface area contributed by atoms with Crippen LogP contribution in [0.4, 0.5) is 0 Å². The number of nitrogens with two attached hydrogens (primary N) is 1. The van der Waals surface area contributed by atoms with Gasteiger partial charge in [0.2, 0.25) is 0 Å². The van der Waals surface area contributed by atoms with E-state index in [1.165, 1.54) is 32.4 Å². The highest BCUT2D eigenvalue weighted by Crippen LogP contribution is 2.11. The number of nitrogens with zero attached hydrogens (tertiary/aromatic N) is 1. The van der Waals surface area contributed by atoms with E-state index in [1.807, 2.05) is 0 Å². The van der Waals surface area contributed by atoms with Gasteiger partial charge in [-0.15, -0.1) is 0 Å². The van der Waals surface area contributed by atoms with Gasteiger partial charge in [-0.25, -0.2) is 0 Å². The highest BCUT2D eigenvalue weighted by Gasteiger charge is 2.14. The highest BCUT2D eigenvalue weighted by atomic mass is 16.3. The molecular formula is C10H22N2O. The Morgan fingerprint density at radius 1 is 1.23 bits per heavy atom. The van der Waals surface area contributed by atoms with Crippen LogP contribution in [0.1, 0.15) is 25.7 Å². The van der Waals surface area contributed by atoms with Gasteiger partial charge in [0.15, 0.2) is 0 Å². The lowest BCUT2D eigenvalue weighted by Crippen LogP contribution is -2.36. The number of piperidine rings is 1. The third-order valence-corrected chi connectivity index (χ3v) is 2.84. The number of hydrogen-bond acceptors (Lipinski definition) is 3. The van der Waals surface area contributed by atoms with E-state index < -0.39 is 0 Å². The Balaban J connectivity index is 2.18. The van der Waals surface area contributed by atoms with Gasteiger partial charge in [0, 0.05) is 13.2 Å². The number of likely N-dealkylation sites (tertiary alicyclic amines) is 1. The zero-order chi connectivity index (χ0) is 9.52. The van der Waals surface area contributed by atoms with E-state index in [0.29, 0.717) is 12.5 Å². The second-order valence-corrected chi connectivity index (χ2v) is 3.98. The van der Waals surface area contributed by atoms with Gasteiger partial charge in [0.05, 0.1) is 0 Å². The fourth-order valence-electron chi connectivity index (χ4n) is 1.97. The lowest BCUT2D eigenvalue weighted by atomic mass is 10.0. The van der Waals surface area contributed by atoms with Crippen molar-refractivity contribution in [2.45, 2.75) is 25.7 Å². The Hall–Kier alpha value is -0.120. The average molecular weight is 186 g/mol. The van der Waals surface area contributed by atoms with Crippen molar-refractivity contribution in [1.29, 1.82) is 0 Å². The first-order valence-corrected chi connectivity index (χ1v) is 5.40. The molecule has 1 fully saturated rings. The van der Waals surface area contributed by atoms with Crippen LogP contribution < -0.4 is 5.73 Å². The molecule has 1 aliphatic rings. The van der Waals surface area contributed by atoms with Crippen LogP contribution in [0.5, 0.6) is 0 Å².